The maximum absolute atomic E-state index is 12.3. The summed E-state index contributed by atoms with van der Waals surface area (Å²) in [5, 5.41) is 2.86. The first-order chi connectivity index (χ1) is 12.0. The number of rotatable bonds is 5. The number of carbonyl (C=O) groups excluding carboxylic acids is 1. The molecule has 1 atom stereocenters. The number of hydrogen-bond donors (Lipinski definition) is 2. The summed E-state index contributed by atoms with van der Waals surface area (Å²) in [4.78, 5) is 46.2. The van der Waals surface area contributed by atoms with Gasteiger partial charge in [0.25, 0.3) is 5.56 Å². The van der Waals surface area contributed by atoms with Gasteiger partial charge >= 0.3 is 5.69 Å². The van der Waals surface area contributed by atoms with E-state index >= 15 is 0 Å². The van der Waals surface area contributed by atoms with E-state index in [1.165, 1.54) is 10.8 Å². The zero-order valence-corrected chi connectivity index (χ0v) is 13.9. The van der Waals surface area contributed by atoms with Gasteiger partial charge in [-0.15, -0.1) is 0 Å². The highest BCUT2D eigenvalue weighted by Crippen LogP contribution is 2.15. The fraction of sp³-hybridized carbons (Fsp3) is 0.312. The number of aromatic amines is 1. The highest BCUT2D eigenvalue weighted by Gasteiger charge is 2.17. The first-order valence-corrected chi connectivity index (χ1v) is 7.87. The Balaban J connectivity index is 1.77. The zero-order valence-electron chi connectivity index (χ0n) is 13.9. The van der Waals surface area contributed by atoms with Crippen LogP contribution < -0.4 is 16.6 Å². The molecule has 0 bridgehead atoms. The molecule has 0 radical (unpaired) electrons. The molecule has 130 valence electrons. The molecule has 3 aromatic rings. The van der Waals surface area contributed by atoms with Gasteiger partial charge in [-0.2, -0.15) is 0 Å². The second-order valence-electron chi connectivity index (χ2n) is 5.72. The number of nitrogens with zero attached hydrogens (tertiary/aromatic N) is 4. The standard InChI is InChI=1S/C16H18N6O3/c1-3-11(12-8-21-6-4-5-17-15(21)19-12)18-13(23)9-22-7-10(2)14(24)20-16(22)25/h4-8,11H,3,9H2,1-2H3,(H,18,23)(H,20,24,25)/t11-/m0/s1. The van der Waals surface area contributed by atoms with Gasteiger partial charge in [0.05, 0.1) is 11.7 Å². The first-order valence-electron chi connectivity index (χ1n) is 7.87. The molecule has 9 heteroatoms. The van der Waals surface area contributed by atoms with Crippen molar-refractivity contribution < 1.29 is 4.79 Å². The van der Waals surface area contributed by atoms with Crippen LogP contribution in [-0.2, 0) is 11.3 Å². The van der Waals surface area contributed by atoms with Gasteiger partial charge in [-0.25, -0.2) is 14.8 Å². The molecule has 0 fully saturated rings. The third-order valence-electron chi connectivity index (χ3n) is 3.86. The van der Waals surface area contributed by atoms with E-state index < -0.39 is 11.2 Å². The summed E-state index contributed by atoms with van der Waals surface area (Å²) in [6.45, 7) is 3.32. The van der Waals surface area contributed by atoms with Crippen LogP contribution in [0.3, 0.4) is 0 Å². The number of fused-ring (bicyclic) bond motifs is 1. The molecule has 3 rings (SSSR count). The molecular weight excluding hydrogens is 324 g/mol. The van der Waals surface area contributed by atoms with E-state index in [1.807, 2.05) is 19.3 Å². The second kappa shape index (κ2) is 6.71. The maximum Gasteiger partial charge on any atom is 0.328 e. The van der Waals surface area contributed by atoms with Crippen molar-refractivity contribution >= 4 is 11.7 Å². The minimum atomic E-state index is -0.615. The van der Waals surface area contributed by atoms with Gasteiger partial charge in [-0.05, 0) is 19.4 Å². The monoisotopic (exact) mass is 342 g/mol. The average molecular weight is 342 g/mol. The van der Waals surface area contributed by atoms with Crippen molar-refractivity contribution in [3.05, 3.63) is 62.9 Å². The molecule has 3 heterocycles. The predicted octanol–water partition coefficient (Wildman–Crippen LogP) is 0.155. The lowest BCUT2D eigenvalue weighted by Gasteiger charge is -2.15. The van der Waals surface area contributed by atoms with Crippen LogP contribution in [0.15, 0.2) is 40.4 Å². The van der Waals surface area contributed by atoms with Crippen LogP contribution in [0.4, 0.5) is 0 Å². The zero-order chi connectivity index (χ0) is 18.0. The highest BCUT2D eigenvalue weighted by atomic mass is 16.2. The largest absolute Gasteiger partial charge is 0.346 e. The van der Waals surface area contributed by atoms with Crippen LogP contribution in [0.2, 0.25) is 0 Å². The summed E-state index contributed by atoms with van der Waals surface area (Å²) >= 11 is 0. The van der Waals surface area contributed by atoms with Crippen molar-refractivity contribution in [3.63, 3.8) is 0 Å². The summed E-state index contributed by atoms with van der Waals surface area (Å²) in [5.41, 5.74) is -0.00793. The molecule has 0 aliphatic carbocycles. The fourth-order valence-electron chi connectivity index (χ4n) is 2.53. The molecule has 0 aromatic carbocycles. The lowest BCUT2D eigenvalue weighted by atomic mass is 10.1. The smallest absolute Gasteiger partial charge is 0.328 e. The summed E-state index contributed by atoms with van der Waals surface area (Å²) in [6, 6.07) is 1.50. The summed E-state index contributed by atoms with van der Waals surface area (Å²) in [5.74, 6) is 0.211. The number of aromatic nitrogens is 5. The average Bonchev–Trinajstić information content (AvgIpc) is 3.01. The van der Waals surface area contributed by atoms with Gasteiger partial charge in [-0.1, -0.05) is 6.92 Å². The number of hydrogen-bond acceptors (Lipinski definition) is 5. The van der Waals surface area contributed by atoms with Crippen LogP contribution >= 0.6 is 0 Å². The van der Waals surface area contributed by atoms with Gasteiger partial charge in [-0.3, -0.25) is 23.5 Å². The molecule has 9 nitrogen and oxygen atoms in total. The maximum atomic E-state index is 12.3. The third kappa shape index (κ3) is 3.49. The Morgan fingerprint density at radius 2 is 2.16 bits per heavy atom. The van der Waals surface area contributed by atoms with Gasteiger partial charge < -0.3 is 5.32 Å². The highest BCUT2D eigenvalue weighted by molar-refractivity contribution is 5.76. The van der Waals surface area contributed by atoms with Crippen LogP contribution in [0.1, 0.15) is 30.6 Å². The van der Waals surface area contributed by atoms with Crippen molar-refractivity contribution in [1.29, 1.82) is 0 Å². The Morgan fingerprint density at radius 3 is 2.88 bits per heavy atom. The molecule has 1 amide bonds. The number of imidazole rings is 1. The fourth-order valence-corrected chi connectivity index (χ4v) is 2.53. The SMILES string of the molecule is CC[C@H](NC(=O)Cn1cc(C)c(=O)[nH]c1=O)c1cn2cccnc2n1. The normalized spacial score (nSPS) is 12.2. The molecular formula is C16H18N6O3. The van der Waals surface area contributed by atoms with E-state index in [0.717, 1.165) is 0 Å². The molecule has 0 aliphatic heterocycles. The van der Waals surface area contributed by atoms with Gasteiger partial charge in [0, 0.05) is 30.4 Å². The summed E-state index contributed by atoms with van der Waals surface area (Å²) < 4.78 is 2.95. The lowest BCUT2D eigenvalue weighted by Crippen LogP contribution is -2.37. The minimum Gasteiger partial charge on any atom is -0.346 e. The first kappa shape index (κ1) is 16.6. The summed E-state index contributed by atoms with van der Waals surface area (Å²) in [6.07, 6.45) is 7.30. The molecule has 0 saturated carbocycles. The second-order valence-corrected chi connectivity index (χ2v) is 5.72. The number of aryl methyl sites for hydroxylation is 1. The Labute approximate surface area is 142 Å². The number of nitrogens with one attached hydrogen (secondary N) is 2. The Kier molecular flexibility index (Phi) is 4.46. The molecule has 0 spiro atoms. The molecule has 0 saturated heterocycles. The molecule has 25 heavy (non-hydrogen) atoms. The molecule has 3 aromatic heterocycles. The van der Waals surface area contributed by atoms with Crippen molar-refractivity contribution in [2.75, 3.05) is 0 Å². The lowest BCUT2D eigenvalue weighted by molar-refractivity contribution is -0.122. The van der Waals surface area contributed by atoms with Gasteiger partial charge in [0.15, 0.2) is 0 Å². The quantitative estimate of drug-likeness (QED) is 0.685. The minimum absolute atomic E-state index is 0.182. The third-order valence-corrected chi connectivity index (χ3v) is 3.86. The van der Waals surface area contributed by atoms with Crippen molar-refractivity contribution in [2.24, 2.45) is 0 Å². The Bertz CT molecular complexity index is 999. The van der Waals surface area contributed by atoms with E-state index in [0.29, 0.717) is 23.5 Å². The number of amides is 1. The van der Waals surface area contributed by atoms with Crippen molar-refractivity contribution in [3.8, 4) is 0 Å². The van der Waals surface area contributed by atoms with Gasteiger partial charge in [0.2, 0.25) is 11.7 Å². The van der Waals surface area contributed by atoms with Crippen molar-refractivity contribution in [1.82, 2.24) is 29.2 Å². The summed E-state index contributed by atoms with van der Waals surface area (Å²) in [7, 11) is 0. The van der Waals surface area contributed by atoms with Crippen molar-refractivity contribution in [2.45, 2.75) is 32.9 Å². The van der Waals surface area contributed by atoms with Crippen LogP contribution in [-0.4, -0.2) is 29.8 Å². The van der Waals surface area contributed by atoms with E-state index in [9.17, 15) is 14.4 Å². The van der Waals surface area contributed by atoms with E-state index in [2.05, 4.69) is 20.3 Å². The number of H-pyrrole nitrogens is 1. The predicted molar refractivity (Wildman–Crippen MR) is 90.2 cm³/mol. The van der Waals surface area contributed by atoms with E-state index in [4.69, 9.17) is 0 Å². The Hall–Kier alpha value is -3.23. The molecule has 0 unspecified atom stereocenters. The van der Waals surface area contributed by atoms with Crippen LogP contribution in [0.5, 0.6) is 0 Å². The van der Waals surface area contributed by atoms with Crippen LogP contribution in [0.25, 0.3) is 5.78 Å². The van der Waals surface area contributed by atoms with E-state index in [1.54, 1.807) is 23.6 Å². The Morgan fingerprint density at radius 1 is 1.36 bits per heavy atom. The van der Waals surface area contributed by atoms with Gasteiger partial charge in [0.1, 0.15) is 6.54 Å². The van der Waals surface area contributed by atoms with E-state index in [-0.39, 0.29) is 18.5 Å². The topological polar surface area (TPSA) is 114 Å². The molecule has 2 N–H and O–H groups in total. The van der Waals surface area contributed by atoms with Crippen LogP contribution in [0, 0.1) is 6.92 Å². The number of carbonyl (C=O) groups is 1. The molecule has 0 aliphatic rings.